The molecular formula is C13H25N3O2. The van der Waals surface area contributed by atoms with Gasteiger partial charge in [0.1, 0.15) is 0 Å². The van der Waals surface area contributed by atoms with Crippen LogP contribution in [0.1, 0.15) is 46.0 Å². The summed E-state index contributed by atoms with van der Waals surface area (Å²) in [7, 11) is 0. The number of nitrogens with one attached hydrogen (secondary N) is 3. The largest absolute Gasteiger partial charge is 0.355 e. The molecule has 0 spiro atoms. The molecule has 0 heterocycles. The minimum absolute atomic E-state index is 0.00560. The molecule has 5 heteroatoms. The van der Waals surface area contributed by atoms with Crippen LogP contribution in [0.5, 0.6) is 0 Å². The van der Waals surface area contributed by atoms with Crippen LogP contribution < -0.4 is 16.0 Å². The molecule has 0 bridgehead atoms. The van der Waals surface area contributed by atoms with E-state index >= 15 is 0 Å². The molecule has 18 heavy (non-hydrogen) atoms. The minimum atomic E-state index is -0.240. The maximum absolute atomic E-state index is 11.6. The average Bonchev–Trinajstić information content (AvgIpc) is 3.12. The highest BCUT2D eigenvalue weighted by atomic mass is 16.2. The Bertz CT molecular complexity index is 277. The Labute approximate surface area is 109 Å². The van der Waals surface area contributed by atoms with E-state index in [0.29, 0.717) is 19.0 Å². The van der Waals surface area contributed by atoms with Gasteiger partial charge in [0.2, 0.25) is 11.8 Å². The summed E-state index contributed by atoms with van der Waals surface area (Å²) in [4.78, 5) is 23.0. The molecule has 1 saturated carbocycles. The second-order valence-electron chi connectivity index (χ2n) is 4.91. The SMILES string of the molecule is CCCCNC(=O)C(C)NCCC(=O)NC1CC1. The molecule has 104 valence electrons. The Morgan fingerprint density at radius 1 is 1.28 bits per heavy atom. The lowest BCUT2D eigenvalue weighted by Crippen LogP contribution is -2.43. The van der Waals surface area contributed by atoms with Crippen LogP contribution in [0.2, 0.25) is 0 Å². The van der Waals surface area contributed by atoms with Crippen molar-refractivity contribution < 1.29 is 9.59 Å². The van der Waals surface area contributed by atoms with Crippen LogP contribution in [0.15, 0.2) is 0 Å². The second-order valence-corrected chi connectivity index (χ2v) is 4.91. The Morgan fingerprint density at radius 3 is 2.61 bits per heavy atom. The molecule has 0 saturated heterocycles. The lowest BCUT2D eigenvalue weighted by Gasteiger charge is -2.13. The summed E-state index contributed by atoms with van der Waals surface area (Å²) in [6.07, 6.45) is 4.72. The van der Waals surface area contributed by atoms with E-state index in [0.717, 1.165) is 32.2 Å². The molecule has 0 aromatic carbocycles. The van der Waals surface area contributed by atoms with Crippen molar-refractivity contribution >= 4 is 11.8 Å². The van der Waals surface area contributed by atoms with Crippen molar-refractivity contribution in [3.8, 4) is 0 Å². The number of carbonyl (C=O) groups excluding carboxylic acids is 2. The third-order valence-corrected chi connectivity index (χ3v) is 2.97. The number of amides is 2. The summed E-state index contributed by atoms with van der Waals surface area (Å²) in [6, 6.07) is 0.169. The predicted octanol–water partition coefficient (Wildman–Crippen LogP) is 0.550. The van der Waals surface area contributed by atoms with Gasteiger partial charge in [0.05, 0.1) is 6.04 Å². The van der Waals surface area contributed by atoms with Gasteiger partial charge in [-0.2, -0.15) is 0 Å². The lowest BCUT2D eigenvalue weighted by molar-refractivity contribution is -0.124. The van der Waals surface area contributed by atoms with Gasteiger partial charge in [0, 0.05) is 25.6 Å². The highest BCUT2D eigenvalue weighted by molar-refractivity contribution is 5.81. The fraction of sp³-hybridized carbons (Fsp3) is 0.846. The molecule has 2 amide bonds. The molecule has 1 unspecified atom stereocenters. The molecule has 1 fully saturated rings. The van der Waals surface area contributed by atoms with Gasteiger partial charge in [-0.25, -0.2) is 0 Å². The molecular weight excluding hydrogens is 230 g/mol. The maximum atomic E-state index is 11.6. The van der Waals surface area contributed by atoms with E-state index in [1.165, 1.54) is 0 Å². The first kappa shape index (κ1) is 15.0. The highest BCUT2D eigenvalue weighted by Gasteiger charge is 2.22. The molecule has 3 N–H and O–H groups in total. The summed E-state index contributed by atoms with van der Waals surface area (Å²) in [6.45, 7) is 5.18. The smallest absolute Gasteiger partial charge is 0.236 e. The van der Waals surface area contributed by atoms with Gasteiger partial charge in [-0.3, -0.25) is 9.59 Å². The fourth-order valence-corrected chi connectivity index (χ4v) is 1.56. The van der Waals surface area contributed by atoms with Crippen molar-refractivity contribution in [2.24, 2.45) is 0 Å². The van der Waals surface area contributed by atoms with Gasteiger partial charge in [0.25, 0.3) is 0 Å². The molecule has 0 aromatic heterocycles. The minimum Gasteiger partial charge on any atom is -0.355 e. The first-order valence-corrected chi connectivity index (χ1v) is 6.94. The van der Waals surface area contributed by atoms with Crippen LogP contribution in [-0.2, 0) is 9.59 Å². The van der Waals surface area contributed by atoms with E-state index in [2.05, 4.69) is 22.9 Å². The average molecular weight is 255 g/mol. The summed E-state index contributed by atoms with van der Waals surface area (Å²) < 4.78 is 0. The number of unbranched alkanes of at least 4 members (excludes halogenated alkanes) is 1. The van der Waals surface area contributed by atoms with Crippen molar-refractivity contribution in [2.75, 3.05) is 13.1 Å². The zero-order chi connectivity index (χ0) is 13.4. The van der Waals surface area contributed by atoms with Gasteiger partial charge in [0.15, 0.2) is 0 Å². The standard InChI is InChI=1S/C13H25N3O2/c1-3-4-8-15-13(18)10(2)14-9-7-12(17)16-11-5-6-11/h10-11,14H,3-9H2,1-2H3,(H,15,18)(H,16,17). The van der Waals surface area contributed by atoms with Crippen LogP contribution in [0, 0.1) is 0 Å². The highest BCUT2D eigenvalue weighted by Crippen LogP contribution is 2.18. The number of hydrogen-bond donors (Lipinski definition) is 3. The number of rotatable bonds is 9. The molecule has 0 aromatic rings. The summed E-state index contributed by atoms with van der Waals surface area (Å²) >= 11 is 0. The Morgan fingerprint density at radius 2 is 2.00 bits per heavy atom. The molecule has 1 atom stereocenters. The van der Waals surface area contributed by atoms with Crippen molar-refractivity contribution in [2.45, 2.75) is 58.0 Å². The molecule has 5 nitrogen and oxygen atoms in total. The predicted molar refractivity (Wildman–Crippen MR) is 71.2 cm³/mol. The van der Waals surface area contributed by atoms with E-state index in [1.807, 2.05) is 6.92 Å². The molecule has 1 aliphatic carbocycles. The molecule has 0 aliphatic heterocycles. The summed E-state index contributed by atoms with van der Waals surface area (Å²) in [5.41, 5.74) is 0. The van der Waals surface area contributed by atoms with Crippen LogP contribution in [0.4, 0.5) is 0 Å². The van der Waals surface area contributed by atoms with Gasteiger partial charge in [-0.15, -0.1) is 0 Å². The summed E-state index contributed by atoms with van der Waals surface area (Å²) in [5, 5.41) is 8.84. The third kappa shape index (κ3) is 6.59. The van der Waals surface area contributed by atoms with Gasteiger partial charge in [-0.05, 0) is 26.2 Å². The van der Waals surface area contributed by atoms with Gasteiger partial charge < -0.3 is 16.0 Å². The zero-order valence-corrected chi connectivity index (χ0v) is 11.4. The first-order chi connectivity index (χ1) is 8.63. The monoisotopic (exact) mass is 255 g/mol. The van der Waals surface area contributed by atoms with Crippen molar-refractivity contribution in [1.29, 1.82) is 0 Å². The fourth-order valence-electron chi connectivity index (χ4n) is 1.56. The van der Waals surface area contributed by atoms with Crippen molar-refractivity contribution in [1.82, 2.24) is 16.0 Å². The quantitative estimate of drug-likeness (QED) is 0.527. The van der Waals surface area contributed by atoms with E-state index < -0.39 is 0 Å². The number of carbonyl (C=O) groups is 2. The second kappa shape index (κ2) is 8.08. The number of hydrogen-bond acceptors (Lipinski definition) is 3. The van der Waals surface area contributed by atoms with Crippen LogP contribution in [0.3, 0.4) is 0 Å². The third-order valence-electron chi connectivity index (χ3n) is 2.97. The van der Waals surface area contributed by atoms with Crippen molar-refractivity contribution in [3.05, 3.63) is 0 Å². The van der Waals surface area contributed by atoms with Crippen LogP contribution in [-0.4, -0.2) is 37.0 Å². The zero-order valence-electron chi connectivity index (χ0n) is 11.4. The van der Waals surface area contributed by atoms with Gasteiger partial charge in [-0.1, -0.05) is 13.3 Å². The Balaban J connectivity index is 2.02. The molecule has 0 radical (unpaired) electrons. The molecule has 1 rings (SSSR count). The Hall–Kier alpha value is -1.10. The Kier molecular flexibility index (Phi) is 6.72. The summed E-state index contributed by atoms with van der Waals surface area (Å²) in [5.74, 6) is 0.0784. The van der Waals surface area contributed by atoms with Crippen LogP contribution >= 0.6 is 0 Å². The topological polar surface area (TPSA) is 70.2 Å². The normalized spacial score (nSPS) is 16.1. The first-order valence-electron chi connectivity index (χ1n) is 6.94. The van der Waals surface area contributed by atoms with E-state index in [4.69, 9.17) is 0 Å². The van der Waals surface area contributed by atoms with E-state index in [-0.39, 0.29) is 17.9 Å². The van der Waals surface area contributed by atoms with Crippen LogP contribution in [0.25, 0.3) is 0 Å². The van der Waals surface area contributed by atoms with E-state index in [1.54, 1.807) is 0 Å². The van der Waals surface area contributed by atoms with Gasteiger partial charge >= 0.3 is 0 Å². The molecule has 1 aliphatic rings. The van der Waals surface area contributed by atoms with E-state index in [9.17, 15) is 9.59 Å². The lowest BCUT2D eigenvalue weighted by atomic mass is 10.2. The van der Waals surface area contributed by atoms with Crippen molar-refractivity contribution in [3.63, 3.8) is 0 Å². The maximum Gasteiger partial charge on any atom is 0.236 e.